The van der Waals surface area contributed by atoms with Crippen molar-refractivity contribution < 1.29 is 22.3 Å². The third-order valence-corrected chi connectivity index (χ3v) is 5.58. The third-order valence-electron chi connectivity index (χ3n) is 3.38. The van der Waals surface area contributed by atoms with E-state index in [-0.39, 0.29) is 18.1 Å². The molecule has 1 amide bonds. The van der Waals surface area contributed by atoms with Gasteiger partial charge in [-0.1, -0.05) is 17.4 Å². The zero-order valence-electron chi connectivity index (χ0n) is 14.5. The Bertz CT molecular complexity index is 1100. The molecule has 0 radical (unpaired) electrons. The molecule has 3 rings (SSSR count). The maximum Gasteiger partial charge on any atom is 0.283 e. The second-order valence-electron chi connectivity index (χ2n) is 5.46. The van der Waals surface area contributed by atoms with Crippen LogP contribution in [0, 0.1) is 5.82 Å². The highest BCUT2D eigenvalue weighted by molar-refractivity contribution is 7.90. The molecule has 12 heteroatoms. The van der Waals surface area contributed by atoms with Crippen molar-refractivity contribution in [3.05, 3.63) is 48.2 Å². The lowest BCUT2D eigenvalue weighted by Crippen LogP contribution is -2.34. The summed E-state index contributed by atoms with van der Waals surface area (Å²) in [5, 5.41) is 8.80. The molecule has 3 aromatic heterocycles. The maximum absolute atomic E-state index is 13.3. The summed E-state index contributed by atoms with van der Waals surface area (Å²) in [6.07, 6.45) is 2.53. The molecule has 0 atom stereocenters. The molecular weight excluding hydrogens is 409 g/mol. The first kappa shape index (κ1) is 19.9. The Morgan fingerprint density at radius 1 is 1.25 bits per heavy atom. The molecule has 3 aromatic rings. The van der Waals surface area contributed by atoms with Crippen molar-refractivity contribution >= 4 is 27.3 Å². The second kappa shape index (κ2) is 8.46. The molecule has 0 aliphatic heterocycles. The number of hydrogen-bond acceptors (Lipinski definition) is 9. The van der Waals surface area contributed by atoms with Crippen molar-refractivity contribution in [3.63, 3.8) is 0 Å². The topological polar surface area (TPSA) is 124 Å². The standard InChI is InChI=1S/C16H14FN5O4S2/c1-26-5-6-28(24,25)22-14(23)12-3-2-4-13(19-12)16-21-20-15(27-16)10-7-11(17)9-18-8-10/h2-4,7-9H,5-6H2,1H3,(H,22,23). The largest absolute Gasteiger partial charge is 0.384 e. The highest BCUT2D eigenvalue weighted by Gasteiger charge is 2.18. The number of sulfonamides is 1. The molecule has 0 unspecified atom stereocenters. The van der Waals surface area contributed by atoms with Crippen LogP contribution >= 0.6 is 11.3 Å². The fourth-order valence-corrected chi connectivity index (χ4v) is 3.76. The van der Waals surface area contributed by atoms with Gasteiger partial charge in [-0.2, -0.15) is 0 Å². The molecule has 0 aromatic carbocycles. The van der Waals surface area contributed by atoms with Crippen molar-refractivity contribution in [2.24, 2.45) is 0 Å². The molecule has 0 fully saturated rings. The number of hydrogen-bond donors (Lipinski definition) is 1. The van der Waals surface area contributed by atoms with Gasteiger partial charge in [0.25, 0.3) is 5.91 Å². The lowest BCUT2D eigenvalue weighted by molar-refractivity contribution is 0.0976. The predicted molar refractivity (Wildman–Crippen MR) is 99.5 cm³/mol. The van der Waals surface area contributed by atoms with Crippen molar-refractivity contribution in [2.75, 3.05) is 19.5 Å². The van der Waals surface area contributed by atoms with Gasteiger partial charge in [0.05, 0.1) is 18.6 Å². The maximum atomic E-state index is 13.3. The molecule has 0 saturated carbocycles. The molecule has 0 bridgehead atoms. The number of amides is 1. The number of aromatic nitrogens is 4. The van der Waals surface area contributed by atoms with Gasteiger partial charge < -0.3 is 4.74 Å². The van der Waals surface area contributed by atoms with Gasteiger partial charge >= 0.3 is 0 Å². The number of carbonyl (C=O) groups excluding carboxylic acids is 1. The number of nitrogens with one attached hydrogen (secondary N) is 1. The molecule has 146 valence electrons. The predicted octanol–water partition coefficient (Wildman–Crippen LogP) is 1.51. The Balaban J connectivity index is 1.81. The van der Waals surface area contributed by atoms with Crippen LogP contribution in [0.5, 0.6) is 0 Å². The van der Waals surface area contributed by atoms with Crippen LogP contribution in [-0.2, 0) is 14.8 Å². The van der Waals surface area contributed by atoms with E-state index in [1.165, 1.54) is 25.4 Å². The monoisotopic (exact) mass is 423 g/mol. The summed E-state index contributed by atoms with van der Waals surface area (Å²) >= 11 is 1.13. The Kier molecular flexibility index (Phi) is 6.02. The van der Waals surface area contributed by atoms with Crippen LogP contribution in [-0.4, -0.2) is 54.0 Å². The van der Waals surface area contributed by atoms with Crippen LogP contribution in [0.3, 0.4) is 0 Å². The van der Waals surface area contributed by atoms with Gasteiger partial charge in [0.1, 0.15) is 22.2 Å². The van der Waals surface area contributed by atoms with Crippen LogP contribution in [0.1, 0.15) is 10.5 Å². The van der Waals surface area contributed by atoms with Gasteiger partial charge in [0.2, 0.25) is 10.0 Å². The Morgan fingerprint density at radius 2 is 2.04 bits per heavy atom. The highest BCUT2D eigenvalue weighted by Crippen LogP contribution is 2.28. The number of methoxy groups -OCH3 is 1. The van der Waals surface area contributed by atoms with Gasteiger partial charge in [0.15, 0.2) is 5.01 Å². The zero-order chi connectivity index (χ0) is 20.1. The van der Waals surface area contributed by atoms with E-state index in [4.69, 9.17) is 4.74 Å². The lowest BCUT2D eigenvalue weighted by atomic mass is 10.3. The number of pyridine rings is 2. The van der Waals surface area contributed by atoms with E-state index in [1.807, 2.05) is 4.72 Å². The summed E-state index contributed by atoms with van der Waals surface area (Å²) in [4.78, 5) is 20.1. The molecule has 0 saturated heterocycles. The van der Waals surface area contributed by atoms with E-state index in [9.17, 15) is 17.6 Å². The number of carbonyl (C=O) groups is 1. The molecule has 0 aliphatic rings. The molecule has 0 spiro atoms. The normalized spacial score (nSPS) is 11.4. The van der Waals surface area contributed by atoms with E-state index in [0.29, 0.717) is 21.3 Å². The van der Waals surface area contributed by atoms with E-state index in [2.05, 4.69) is 20.2 Å². The Morgan fingerprint density at radius 3 is 2.79 bits per heavy atom. The summed E-state index contributed by atoms with van der Waals surface area (Å²) < 4.78 is 43.6. The van der Waals surface area contributed by atoms with Crippen LogP contribution in [0.25, 0.3) is 21.3 Å². The highest BCUT2D eigenvalue weighted by atomic mass is 32.2. The lowest BCUT2D eigenvalue weighted by Gasteiger charge is -2.06. The van der Waals surface area contributed by atoms with Crippen LogP contribution < -0.4 is 4.72 Å². The number of halogens is 1. The smallest absolute Gasteiger partial charge is 0.283 e. The van der Waals surface area contributed by atoms with Crippen LogP contribution in [0.2, 0.25) is 0 Å². The first-order chi connectivity index (χ1) is 13.4. The van der Waals surface area contributed by atoms with Crippen LogP contribution in [0.4, 0.5) is 4.39 Å². The van der Waals surface area contributed by atoms with Gasteiger partial charge in [-0.05, 0) is 18.2 Å². The fourth-order valence-electron chi connectivity index (χ4n) is 2.09. The zero-order valence-corrected chi connectivity index (χ0v) is 16.1. The van der Waals surface area contributed by atoms with Crippen LogP contribution in [0.15, 0.2) is 36.7 Å². The Labute approximate surface area is 163 Å². The molecule has 3 heterocycles. The molecule has 0 aliphatic carbocycles. The van der Waals surface area contributed by atoms with Gasteiger partial charge in [-0.25, -0.2) is 22.5 Å². The summed E-state index contributed by atoms with van der Waals surface area (Å²) in [5.41, 5.74) is 0.694. The van der Waals surface area contributed by atoms with Crippen molar-refractivity contribution in [3.8, 4) is 21.3 Å². The van der Waals surface area contributed by atoms with Crippen molar-refractivity contribution in [2.45, 2.75) is 0 Å². The summed E-state index contributed by atoms with van der Waals surface area (Å²) in [6.45, 7) is -0.0431. The summed E-state index contributed by atoms with van der Waals surface area (Å²) in [6, 6.07) is 5.80. The molecule has 28 heavy (non-hydrogen) atoms. The van der Waals surface area contributed by atoms with Gasteiger partial charge in [0, 0.05) is 18.9 Å². The first-order valence-electron chi connectivity index (χ1n) is 7.83. The first-order valence-corrected chi connectivity index (χ1v) is 10.3. The molecule has 1 N–H and O–H groups in total. The number of nitrogens with zero attached hydrogens (tertiary/aromatic N) is 4. The minimum absolute atomic E-state index is 0.0431. The third kappa shape index (κ3) is 4.91. The average Bonchev–Trinajstić information content (AvgIpc) is 3.16. The van der Waals surface area contributed by atoms with E-state index < -0.39 is 21.7 Å². The minimum atomic E-state index is -3.84. The SMILES string of the molecule is COCCS(=O)(=O)NC(=O)c1cccc(-c2nnc(-c3cncc(F)c3)s2)n1. The molecular formula is C16H14FN5O4S2. The average molecular weight is 423 g/mol. The molecule has 9 nitrogen and oxygen atoms in total. The summed E-state index contributed by atoms with van der Waals surface area (Å²) in [7, 11) is -2.48. The second-order valence-corrected chi connectivity index (χ2v) is 8.27. The quantitative estimate of drug-likeness (QED) is 0.606. The van der Waals surface area contributed by atoms with E-state index in [0.717, 1.165) is 17.5 Å². The van der Waals surface area contributed by atoms with Crippen molar-refractivity contribution in [1.29, 1.82) is 0 Å². The number of ether oxygens (including phenoxy) is 1. The fraction of sp³-hybridized carbons (Fsp3) is 0.188. The van der Waals surface area contributed by atoms with Gasteiger partial charge in [-0.3, -0.25) is 9.78 Å². The number of rotatable bonds is 7. The minimum Gasteiger partial charge on any atom is -0.384 e. The van der Waals surface area contributed by atoms with E-state index in [1.54, 1.807) is 12.1 Å². The van der Waals surface area contributed by atoms with E-state index >= 15 is 0 Å². The summed E-state index contributed by atoms with van der Waals surface area (Å²) in [5.74, 6) is -1.71. The Hall–Kier alpha value is -2.83. The van der Waals surface area contributed by atoms with Crippen molar-refractivity contribution in [1.82, 2.24) is 24.9 Å². The van der Waals surface area contributed by atoms with Gasteiger partial charge in [-0.15, -0.1) is 10.2 Å².